The van der Waals surface area contributed by atoms with Crippen LogP contribution in [0.25, 0.3) is 0 Å². The van der Waals surface area contributed by atoms with Crippen molar-refractivity contribution in [3.63, 3.8) is 0 Å². The van der Waals surface area contributed by atoms with E-state index in [0.717, 1.165) is 72.9 Å². The highest BCUT2D eigenvalue weighted by Gasteiger charge is 2.59. The molecule has 3 heteroatoms. The van der Waals surface area contributed by atoms with E-state index in [1.54, 1.807) is 5.57 Å². The third-order valence-electron chi connectivity index (χ3n) is 16.0. The normalized spacial score (nSPS) is 34.9. The van der Waals surface area contributed by atoms with Gasteiger partial charge in [-0.3, -0.25) is 4.79 Å². The fraction of sp³-hybridized carbons (Fsp3) is 0.816. The fourth-order valence-corrected chi connectivity index (χ4v) is 12.9. The highest BCUT2D eigenvalue weighted by atomic mass is 16.5. The van der Waals surface area contributed by atoms with Crippen LogP contribution in [0.4, 0.5) is 0 Å². The third-order valence-corrected chi connectivity index (χ3v) is 16.0. The van der Waals surface area contributed by atoms with Crippen molar-refractivity contribution in [2.24, 2.45) is 52.3 Å². The molecule has 8 atom stereocenters. The van der Waals surface area contributed by atoms with E-state index in [9.17, 15) is 4.79 Å². The Kier molecular flexibility index (Phi) is 14.0. The first-order chi connectivity index (χ1) is 25.1. The number of esters is 1. The summed E-state index contributed by atoms with van der Waals surface area (Å²) in [5.74, 6) is 7.78. The number of benzene rings is 1. The summed E-state index contributed by atoms with van der Waals surface area (Å²) in [4.78, 5) is 12.9. The zero-order chi connectivity index (χ0) is 36.7. The van der Waals surface area contributed by atoms with Gasteiger partial charge in [0.05, 0.1) is 6.61 Å². The van der Waals surface area contributed by atoms with Crippen molar-refractivity contribution in [1.82, 2.24) is 0 Å². The predicted octanol–water partition coefficient (Wildman–Crippen LogP) is 14.0. The zero-order valence-electron chi connectivity index (χ0n) is 34.6. The zero-order valence-corrected chi connectivity index (χ0v) is 34.6. The van der Waals surface area contributed by atoms with Gasteiger partial charge in [0, 0.05) is 12.8 Å². The highest BCUT2D eigenvalue weighted by Crippen LogP contribution is 2.67. The summed E-state index contributed by atoms with van der Waals surface area (Å²) in [6.45, 7) is 15.6. The lowest BCUT2D eigenvalue weighted by Crippen LogP contribution is -2.51. The smallest absolute Gasteiger partial charge is 0.306 e. The maximum absolute atomic E-state index is 12.9. The molecule has 0 aromatic heterocycles. The second-order valence-corrected chi connectivity index (χ2v) is 19.7. The van der Waals surface area contributed by atoms with Crippen LogP contribution in [0.15, 0.2) is 35.9 Å². The molecule has 3 nitrogen and oxygen atoms in total. The molecule has 0 radical (unpaired) electrons. The summed E-state index contributed by atoms with van der Waals surface area (Å²) in [6, 6.07) is 8.89. The Bertz CT molecular complexity index is 1290. The molecule has 0 aliphatic heterocycles. The molecule has 6 rings (SSSR count). The summed E-state index contributed by atoms with van der Waals surface area (Å²) >= 11 is 0. The quantitative estimate of drug-likeness (QED) is 0.0915. The largest absolute Gasteiger partial charge is 0.494 e. The van der Waals surface area contributed by atoms with Crippen LogP contribution >= 0.6 is 0 Å². The first-order valence-corrected chi connectivity index (χ1v) is 22.7. The molecule has 0 saturated heterocycles. The van der Waals surface area contributed by atoms with Gasteiger partial charge in [-0.05, 0) is 159 Å². The van der Waals surface area contributed by atoms with E-state index in [-0.39, 0.29) is 12.1 Å². The summed E-state index contributed by atoms with van der Waals surface area (Å²) < 4.78 is 12.2. The van der Waals surface area contributed by atoms with Crippen LogP contribution in [-0.4, -0.2) is 18.7 Å². The Hall–Kier alpha value is -1.77. The molecular weight excluding hydrogens is 637 g/mol. The molecule has 292 valence electrons. The Labute approximate surface area is 320 Å². The molecular formula is C49H78O3. The summed E-state index contributed by atoms with van der Waals surface area (Å²) in [5, 5.41) is 0. The lowest BCUT2D eigenvalue weighted by molar-refractivity contribution is -0.151. The van der Waals surface area contributed by atoms with Crippen LogP contribution in [0.3, 0.4) is 0 Å². The molecule has 0 heterocycles. The summed E-state index contributed by atoms with van der Waals surface area (Å²) in [7, 11) is 0. The van der Waals surface area contributed by atoms with Gasteiger partial charge in [0.2, 0.25) is 0 Å². The predicted molar refractivity (Wildman–Crippen MR) is 218 cm³/mol. The van der Waals surface area contributed by atoms with Crippen molar-refractivity contribution in [3.05, 3.63) is 41.5 Å². The average molecular weight is 715 g/mol. The molecule has 1 aromatic rings. The second-order valence-electron chi connectivity index (χ2n) is 19.7. The Morgan fingerprint density at radius 2 is 1.62 bits per heavy atom. The second kappa shape index (κ2) is 18.2. The maximum atomic E-state index is 12.9. The van der Waals surface area contributed by atoms with Crippen molar-refractivity contribution >= 4 is 5.97 Å². The minimum atomic E-state index is -0.0136. The van der Waals surface area contributed by atoms with Gasteiger partial charge in [-0.1, -0.05) is 110 Å². The van der Waals surface area contributed by atoms with Gasteiger partial charge in [-0.2, -0.15) is 0 Å². The van der Waals surface area contributed by atoms with Crippen LogP contribution < -0.4 is 4.74 Å². The van der Waals surface area contributed by atoms with Crippen LogP contribution in [-0.2, 0) is 9.53 Å². The number of carbonyl (C=O) groups excluding carboxylic acids is 1. The molecule has 0 spiro atoms. The minimum Gasteiger partial charge on any atom is -0.494 e. The standard InChI is InChI=1S/C49H78O3/c1-7-8-9-15-37-17-19-38(20-18-37)39-21-24-41(25-22-39)51-33-11-10-16-47(50)52-42-29-31-48(5)40(34-42)23-26-43-45-28-27-44(36(4)14-12-13-35(2)3)49(45,6)32-30-46(43)48/h21-25,35-38,42-46H,7-20,26-34H2,1-6H3/t36-,37?,38?,42?,43+,44-,45+,46+,48+,49-/m1/s1. The topological polar surface area (TPSA) is 35.5 Å². The molecule has 4 fully saturated rings. The van der Waals surface area contributed by atoms with Crippen molar-refractivity contribution in [2.75, 3.05) is 6.61 Å². The van der Waals surface area contributed by atoms with Crippen molar-refractivity contribution < 1.29 is 14.3 Å². The Morgan fingerprint density at radius 3 is 2.37 bits per heavy atom. The number of fused-ring (bicyclic) bond motifs is 5. The Balaban J connectivity index is 0.892. The molecule has 0 amide bonds. The minimum absolute atomic E-state index is 0.0136. The van der Waals surface area contributed by atoms with Crippen LogP contribution in [0.5, 0.6) is 5.75 Å². The first kappa shape index (κ1) is 39.9. The molecule has 1 aromatic carbocycles. The van der Waals surface area contributed by atoms with E-state index in [0.29, 0.717) is 29.8 Å². The van der Waals surface area contributed by atoms with Crippen LogP contribution in [0.1, 0.15) is 194 Å². The van der Waals surface area contributed by atoms with Crippen molar-refractivity contribution in [3.8, 4) is 5.75 Å². The molecule has 52 heavy (non-hydrogen) atoms. The average Bonchev–Trinajstić information content (AvgIpc) is 3.49. The number of hydrogen-bond acceptors (Lipinski definition) is 3. The molecule has 5 aliphatic carbocycles. The van der Waals surface area contributed by atoms with Gasteiger partial charge >= 0.3 is 5.97 Å². The molecule has 5 aliphatic rings. The summed E-state index contributed by atoms with van der Waals surface area (Å²) in [6.07, 6.45) is 30.3. The number of ether oxygens (including phenoxy) is 2. The lowest BCUT2D eigenvalue weighted by atomic mass is 9.47. The number of allylic oxidation sites excluding steroid dienone is 1. The molecule has 4 saturated carbocycles. The molecule has 1 unspecified atom stereocenters. The van der Waals surface area contributed by atoms with E-state index in [1.807, 2.05) is 0 Å². The molecule has 0 N–H and O–H groups in total. The number of unbranched alkanes of at least 4 members (excludes halogenated alkanes) is 3. The highest BCUT2D eigenvalue weighted by molar-refractivity contribution is 5.69. The fourth-order valence-electron chi connectivity index (χ4n) is 12.9. The van der Waals surface area contributed by atoms with Crippen LogP contribution in [0, 0.1) is 52.3 Å². The van der Waals surface area contributed by atoms with E-state index < -0.39 is 0 Å². The van der Waals surface area contributed by atoms with E-state index in [4.69, 9.17) is 9.47 Å². The van der Waals surface area contributed by atoms with Gasteiger partial charge in [-0.15, -0.1) is 0 Å². The van der Waals surface area contributed by atoms with Gasteiger partial charge in [0.25, 0.3) is 0 Å². The van der Waals surface area contributed by atoms with Gasteiger partial charge in [0.1, 0.15) is 11.9 Å². The number of hydrogen-bond donors (Lipinski definition) is 0. The van der Waals surface area contributed by atoms with E-state index in [2.05, 4.69) is 71.9 Å². The van der Waals surface area contributed by atoms with Crippen molar-refractivity contribution in [2.45, 2.75) is 195 Å². The van der Waals surface area contributed by atoms with Gasteiger partial charge in [-0.25, -0.2) is 0 Å². The van der Waals surface area contributed by atoms with E-state index >= 15 is 0 Å². The van der Waals surface area contributed by atoms with E-state index in [1.165, 1.54) is 115 Å². The Morgan fingerprint density at radius 1 is 0.827 bits per heavy atom. The first-order valence-electron chi connectivity index (χ1n) is 22.7. The molecule has 0 bridgehead atoms. The number of carbonyl (C=O) groups is 1. The monoisotopic (exact) mass is 715 g/mol. The van der Waals surface area contributed by atoms with Crippen molar-refractivity contribution in [1.29, 1.82) is 0 Å². The third kappa shape index (κ3) is 9.36. The lowest BCUT2D eigenvalue weighted by Gasteiger charge is -2.58. The SMILES string of the molecule is CCCCCC1CCC(c2ccc(OCCCCC(=O)OC3CC[C@@]4(C)C(=CC[C@H]5[C@@H]6CC[C@H]([C@H](C)CCCC(C)C)[C@@]6(C)CC[C@@H]54)C3)cc2)CC1. The van der Waals surface area contributed by atoms with Gasteiger partial charge in [0.15, 0.2) is 0 Å². The van der Waals surface area contributed by atoms with Gasteiger partial charge < -0.3 is 9.47 Å². The number of rotatable bonds is 17. The maximum Gasteiger partial charge on any atom is 0.306 e. The van der Waals surface area contributed by atoms with Crippen LogP contribution in [0.2, 0.25) is 0 Å². The summed E-state index contributed by atoms with van der Waals surface area (Å²) in [5.41, 5.74) is 3.94.